The van der Waals surface area contributed by atoms with Gasteiger partial charge in [0.25, 0.3) is 5.91 Å². The molecular weight excluding hydrogens is 575 g/mol. The Balaban J connectivity index is 1.53. The quantitative estimate of drug-likeness (QED) is 0.215. The van der Waals surface area contributed by atoms with Gasteiger partial charge in [0.1, 0.15) is 12.4 Å². The Morgan fingerprint density at radius 2 is 1.89 bits per heavy atom. The summed E-state index contributed by atoms with van der Waals surface area (Å²) < 4.78 is 30.9. The van der Waals surface area contributed by atoms with Gasteiger partial charge in [-0.1, -0.05) is 18.2 Å². The van der Waals surface area contributed by atoms with Gasteiger partial charge in [-0.2, -0.15) is 0 Å². The molecule has 10 heteroatoms. The van der Waals surface area contributed by atoms with Crippen molar-refractivity contribution in [2.24, 2.45) is 4.99 Å². The molecule has 0 aromatic heterocycles. The van der Waals surface area contributed by atoms with Crippen molar-refractivity contribution in [1.82, 2.24) is 4.90 Å². The van der Waals surface area contributed by atoms with Crippen molar-refractivity contribution in [3.63, 3.8) is 0 Å². The molecule has 1 fully saturated rings. The summed E-state index contributed by atoms with van der Waals surface area (Å²) in [6.07, 6.45) is 1.74. The summed E-state index contributed by atoms with van der Waals surface area (Å²) in [5, 5.41) is 0.501. The van der Waals surface area contributed by atoms with Crippen LogP contribution >= 0.6 is 27.7 Å². The number of methoxy groups -OCH3 is 1. The molecule has 0 aliphatic carbocycles. The Morgan fingerprint density at radius 3 is 2.58 bits per heavy atom. The van der Waals surface area contributed by atoms with Crippen molar-refractivity contribution in [2.45, 2.75) is 13.5 Å². The summed E-state index contributed by atoms with van der Waals surface area (Å²) in [5.74, 6) is -0.0929. The van der Waals surface area contributed by atoms with Crippen molar-refractivity contribution in [3.05, 3.63) is 92.5 Å². The zero-order valence-electron chi connectivity index (χ0n) is 20.9. The molecule has 3 aromatic rings. The number of likely N-dealkylation sites (N-methyl/N-ethyl adjacent to an activating group) is 1. The minimum absolute atomic E-state index is 0.0296. The number of carbonyl (C=O) groups is 2. The number of carbonyl (C=O) groups excluding carboxylic acids is 2. The van der Waals surface area contributed by atoms with Crippen LogP contribution in [0.3, 0.4) is 0 Å². The van der Waals surface area contributed by atoms with Gasteiger partial charge >= 0.3 is 5.97 Å². The van der Waals surface area contributed by atoms with Crippen LogP contribution in [0.1, 0.15) is 28.4 Å². The average molecular weight is 599 g/mol. The number of hydrogen-bond donors (Lipinski definition) is 0. The lowest BCUT2D eigenvalue weighted by Gasteiger charge is -2.14. The second kappa shape index (κ2) is 12.3. The van der Waals surface area contributed by atoms with Crippen LogP contribution < -0.4 is 9.47 Å². The molecule has 0 atom stereocenters. The van der Waals surface area contributed by atoms with E-state index in [4.69, 9.17) is 14.2 Å². The van der Waals surface area contributed by atoms with E-state index in [1.54, 1.807) is 74.6 Å². The number of amides is 1. The topological polar surface area (TPSA) is 77.4 Å². The first-order valence-electron chi connectivity index (χ1n) is 11.6. The number of benzene rings is 3. The highest BCUT2D eigenvalue weighted by atomic mass is 79.9. The molecule has 0 radical (unpaired) electrons. The summed E-state index contributed by atoms with van der Waals surface area (Å²) >= 11 is 4.74. The Labute approximate surface area is 232 Å². The van der Waals surface area contributed by atoms with Crippen LogP contribution in [0.25, 0.3) is 6.08 Å². The number of halogens is 2. The Bertz CT molecular complexity index is 1430. The van der Waals surface area contributed by atoms with Gasteiger partial charge in [-0.3, -0.25) is 9.69 Å². The van der Waals surface area contributed by atoms with Gasteiger partial charge in [0.05, 0.1) is 34.3 Å². The van der Waals surface area contributed by atoms with Crippen LogP contribution in [-0.4, -0.2) is 42.7 Å². The highest BCUT2D eigenvalue weighted by Gasteiger charge is 2.30. The fourth-order valence-electron chi connectivity index (χ4n) is 3.53. The lowest BCUT2D eigenvalue weighted by Crippen LogP contribution is -2.23. The predicted octanol–water partition coefficient (Wildman–Crippen LogP) is 6.59. The maximum absolute atomic E-state index is 14.0. The minimum atomic E-state index is -0.398. The highest BCUT2D eigenvalue weighted by molar-refractivity contribution is 9.10. The van der Waals surface area contributed by atoms with Gasteiger partial charge in [0.15, 0.2) is 16.7 Å². The fraction of sp³-hybridized carbons (Fsp3) is 0.179. The number of aliphatic imine (C=N–C) groups is 1. The van der Waals surface area contributed by atoms with Crippen molar-refractivity contribution in [3.8, 4) is 11.5 Å². The number of esters is 1. The SMILES string of the molecule is CCOC(=O)c1ccc(N=C2SC(=Cc3cc(Br)c(OCc4ccccc4F)c(OC)c3)C(=O)N2C)cc1. The average Bonchev–Trinajstić information content (AvgIpc) is 3.16. The summed E-state index contributed by atoms with van der Waals surface area (Å²) in [4.78, 5) is 31.3. The Morgan fingerprint density at radius 1 is 1.16 bits per heavy atom. The molecule has 0 saturated carbocycles. The molecule has 1 heterocycles. The number of nitrogens with zero attached hydrogens (tertiary/aromatic N) is 2. The van der Waals surface area contributed by atoms with E-state index in [1.165, 1.54) is 29.8 Å². The normalized spacial score (nSPS) is 15.3. The lowest BCUT2D eigenvalue weighted by molar-refractivity contribution is -0.121. The minimum Gasteiger partial charge on any atom is -0.493 e. The number of hydrogen-bond acceptors (Lipinski definition) is 7. The predicted molar refractivity (Wildman–Crippen MR) is 149 cm³/mol. The third kappa shape index (κ3) is 6.25. The van der Waals surface area contributed by atoms with E-state index in [0.29, 0.717) is 55.0 Å². The molecular formula is C28H24BrFN2O5S. The number of rotatable bonds is 8. The monoisotopic (exact) mass is 598 g/mol. The van der Waals surface area contributed by atoms with E-state index in [9.17, 15) is 14.0 Å². The van der Waals surface area contributed by atoms with Gasteiger partial charge in [-0.25, -0.2) is 14.2 Å². The van der Waals surface area contributed by atoms with E-state index in [2.05, 4.69) is 20.9 Å². The van der Waals surface area contributed by atoms with Crippen LogP contribution in [-0.2, 0) is 16.1 Å². The highest BCUT2D eigenvalue weighted by Crippen LogP contribution is 2.39. The van der Waals surface area contributed by atoms with Gasteiger partial charge in [0, 0.05) is 12.6 Å². The molecule has 1 aliphatic rings. The summed E-state index contributed by atoms with van der Waals surface area (Å²) in [6.45, 7) is 2.08. The van der Waals surface area contributed by atoms with Gasteiger partial charge in [0.2, 0.25) is 0 Å². The fourth-order valence-corrected chi connectivity index (χ4v) is 5.09. The molecule has 38 heavy (non-hydrogen) atoms. The second-order valence-electron chi connectivity index (χ2n) is 8.05. The lowest BCUT2D eigenvalue weighted by atomic mass is 10.1. The molecule has 7 nitrogen and oxygen atoms in total. The van der Waals surface area contributed by atoms with Crippen LogP contribution in [0.5, 0.6) is 11.5 Å². The molecule has 0 unspecified atom stereocenters. The Hall–Kier alpha value is -3.63. The van der Waals surface area contributed by atoms with Crippen molar-refractivity contribution >= 4 is 56.5 Å². The maximum atomic E-state index is 14.0. The third-order valence-corrected chi connectivity index (χ3v) is 7.14. The maximum Gasteiger partial charge on any atom is 0.338 e. The van der Waals surface area contributed by atoms with E-state index in [-0.39, 0.29) is 18.3 Å². The number of thioether (sulfide) groups is 1. The van der Waals surface area contributed by atoms with Crippen LogP contribution in [0.2, 0.25) is 0 Å². The smallest absolute Gasteiger partial charge is 0.338 e. The zero-order valence-corrected chi connectivity index (χ0v) is 23.3. The molecule has 0 spiro atoms. The summed E-state index contributed by atoms with van der Waals surface area (Å²) in [7, 11) is 3.16. The van der Waals surface area contributed by atoms with E-state index in [0.717, 1.165) is 0 Å². The molecule has 1 aliphatic heterocycles. The first-order chi connectivity index (χ1) is 18.3. The first kappa shape index (κ1) is 27.4. The summed E-state index contributed by atoms with van der Waals surface area (Å²) in [6, 6.07) is 16.6. The molecule has 1 saturated heterocycles. The molecule has 4 rings (SSSR count). The molecule has 196 valence electrons. The molecule has 0 bridgehead atoms. The molecule has 1 amide bonds. The van der Waals surface area contributed by atoms with E-state index in [1.807, 2.05) is 0 Å². The van der Waals surface area contributed by atoms with Crippen LogP contribution in [0, 0.1) is 5.82 Å². The molecule has 3 aromatic carbocycles. The van der Waals surface area contributed by atoms with Crippen LogP contribution in [0.4, 0.5) is 10.1 Å². The first-order valence-corrected chi connectivity index (χ1v) is 13.2. The number of ether oxygens (including phenoxy) is 3. The van der Waals surface area contributed by atoms with Gasteiger partial charge < -0.3 is 14.2 Å². The standard InChI is InChI=1S/C28H24BrFN2O5S/c1-4-36-27(34)18-9-11-20(12-10-18)31-28-32(2)26(33)24(38-28)15-17-13-21(29)25(23(14-17)35-3)37-16-19-7-5-6-8-22(19)30/h5-15H,4,16H2,1-3H3. The van der Waals surface area contributed by atoms with Crippen LogP contribution in [0.15, 0.2) is 75.0 Å². The van der Waals surface area contributed by atoms with E-state index >= 15 is 0 Å². The number of amidine groups is 1. The van der Waals surface area contributed by atoms with Crippen molar-refractivity contribution in [2.75, 3.05) is 20.8 Å². The second-order valence-corrected chi connectivity index (χ2v) is 9.91. The van der Waals surface area contributed by atoms with Gasteiger partial charge in [-0.05, 0) is 88.7 Å². The van der Waals surface area contributed by atoms with E-state index < -0.39 is 5.97 Å². The zero-order chi connectivity index (χ0) is 27.2. The molecule has 0 N–H and O–H groups in total. The van der Waals surface area contributed by atoms with Gasteiger partial charge in [-0.15, -0.1) is 0 Å². The third-order valence-electron chi connectivity index (χ3n) is 5.49. The summed E-state index contributed by atoms with van der Waals surface area (Å²) in [5.41, 5.74) is 2.16. The largest absolute Gasteiger partial charge is 0.493 e. The van der Waals surface area contributed by atoms with Crippen molar-refractivity contribution < 1.29 is 28.2 Å². The Kier molecular flexibility index (Phi) is 8.85. The van der Waals surface area contributed by atoms with Crippen molar-refractivity contribution in [1.29, 1.82) is 0 Å².